The Morgan fingerprint density at radius 2 is 0.474 bits per heavy atom. The summed E-state index contributed by atoms with van der Waals surface area (Å²) >= 11 is 0. The van der Waals surface area contributed by atoms with Crippen LogP contribution in [0, 0.1) is 0 Å². The first-order valence-corrected chi connectivity index (χ1v) is 25.5. The molecule has 0 amide bonds. The minimum Gasteiger partial charge on any atom is -0.462 e. The van der Waals surface area contributed by atoms with E-state index < -0.39 is 6.10 Å². The maximum Gasteiger partial charge on any atom is 0.306 e. The van der Waals surface area contributed by atoms with Crippen molar-refractivity contribution in [3.63, 3.8) is 0 Å². The highest BCUT2D eigenvalue weighted by Gasteiger charge is 2.19. The summed E-state index contributed by atoms with van der Waals surface area (Å²) in [7, 11) is 0. The number of rotatable bonds is 47. The van der Waals surface area contributed by atoms with Crippen LogP contribution in [0.2, 0.25) is 0 Å². The van der Waals surface area contributed by atoms with Gasteiger partial charge >= 0.3 is 17.9 Å². The van der Waals surface area contributed by atoms with Crippen molar-refractivity contribution in [2.24, 2.45) is 0 Å². The van der Waals surface area contributed by atoms with Crippen molar-refractivity contribution in [3.8, 4) is 0 Å². The molecule has 0 fully saturated rings. The van der Waals surface area contributed by atoms with Crippen molar-refractivity contribution in [3.05, 3.63) is 0 Å². The van der Waals surface area contributed by atoms with Crippen molar-refractivity contribution >= 4 is 17.9 Å². The molecule has 1 unspecified atom stereocenters. The molecule has 0 saturated carbocycles. The Morgan fingerprint density at radius 3 is 0.702 bits per heavy atom. The van der Waals surface area contributed by atoms with Crippen LogP contribution in [0.4, 0.5) is 0 Å². The number of hydrogen-bond acceptors (Lipinski definition) is 6. The second kappa shape index (κ2) is 47.1. The van der Waals surface area contributed by atoms with Gasteiger partial charge in [0.15, 0.2) is 6.10 Å². The molecule has 0 heterocycles. The van der Waals surface area contributed by atoms with Gasteiger partial charge in [-0.2, -0.15) is 0 Å². The minimum absolute atomic E-state index is 0.0634. The van der Waals surface area contributed by atoms with E-state index in [0.717, 1.165) is 57.8 Å². The molecule has 0 aromatic heterocycles. The molecule has 0 aromatic rings. The number of ether oxygens (including phenoxy) is 3. The molecule has 0 spiro atoms. The summed E-state index contributed by atoms with van der Waals surface area (Å²) in [4.78, 5) is 37.6. The second-order valence-corrected chi connectivity index (χ2v) is 17.5. The van der Waals surface area contributed by atoms with E-state index in [2.05, 4.69) is 20.8 Å². The Bertz CT molecular complexity index is 844. The van der Waals surface area contributed by atoms with Gasteiger partial charge in [-0.15, -0.1) is 0 Å². The Balaban J connectivity index is 3.97. The van der Waals surface area contributed by atoms with Gasteiger partial charge in [0.2, 0.25) is 0 Å². The van der Waals surface area contributed by atoms with Crippen LogP contribution in [-0.2, 0) is 28.6 Å². The largest absolute Gasteiger partial charge is 0.462 e. The highest BCUT2D eigenvalue weighted by Crippen LogP contribution is 2.17. The molecule has 6 heteroatoms. The van der Waals surface area contributed by atoms with Gasteiger partial charge in [-0.05, 0) is 19.3 Å². The maximum absolute atomic E-state index is 12.6. The van der Waals surface area contributed by atoms with Crippen molar-refractivity contribution in [2.45, 2.75) is 297 Å². The van der Waals surface area contributed by atoms with Gasteiger partial charge < -0.3 is 14.2 Å². The molecule has 1 atom stereocenters. The number of carbonyl (C=O) groups excluding carboxylic acids is 3. The SMILES string of the molecule is CCCCCCCCCCCCCCCCCCCCCCCCCCC(=O)OCC(COC(=O)CCCCCCCCC)OC(=O)CCCCCCCCCC. The van der Waals surface area contributed by atoms with Crippen LogP contribution in [0.15, 0.2) is 0 Å². The molecule has 0 saturated heterocycles. The molecule has 0 aliphatic rings. The molecule has 0 aromatic carbocycles. The zero-order valence-electron chi connectivity index (χ0n) is 38.6. The van der Waals surface area contributed by atoms with Crippen molar-refractivity contribution < 1.29 is 28.6 Å². The van der Waals surface area contributed by atoms with E-state index in [9.17, 15) is 14.4 Å². The first kappa shape index (κ1) is 55.4. The summed E-state index contributed by atoms with van der Waals surface area (Å²) in [5.41, 5.74) is 0. The topological polar surface area (TPSA) is 78.9 Å². The normalized spacial score (nSPS) is 11.8. The van der Waals surface area contributed by atoms with Gasteiger partial charge in [0.25, 0.3) is 0 Å². The van der Waals surface area contributed by atoms with E-state index >= 15 is 0 Å². The predicted molar refractivity (Wildman–Crippen MR) is 243 cm³/mol. The standard InChI is InChI=1S/C51H98O6/c1-4-7-10-13-16-18-19-20-21-22-23-24-25-26-27-28-29-30-31-32-33-36-38-41-44-50(53)56-47-48(46-55-49(52)43-40-37-34-15-12-9-6-3)57-51(54)45-42-39-35-17-14-11-8-5-2/h48H,4-47H2,1-3H3. The third-order valence-corrected chi connectivity index (χ3v) is 11.6. The summed E-state index contributed by atoms with van der Waals surface area (Å²) in [6, 6.07) is 0. The summed E-state index contributed by atoms with van der Waals surface area (Å²) < 4.78 is 16.7. The lowest BCUT2D eigenvalue weighted by Crippen LogP contribution is -2.30. The minimum atomic E-state index is -0.757. The average Bonchev–Trinajstić information content (AvgIpc) is 3.21. The van der Waals surface area contributed by atoms with Crippen LogP contribution in [0.25, 0.3) is 0 Å². The Morgan fingerprint density at radius 1 is 0.281 bits per heavy atom. The summed E-state index contributed by atoms with van der Waals surface area (Å²) in [5.74, 6) is -0.860. The molecular weight excluding hydrogens is 709 g/mol. The van der Waals surface area contributed by atoms with Gasteiger partial charge in [0.1, 0.15) is 13.2 Å². The third-order valence-electron chi connectivity index (χ3n) is 11.6. The monoisotopic (exact) mass is 807 g/mol. The van der Waals surface area contributed by atoms with Crippen molar-refractivity contribution in [1.29, 1.82) is 0 Å². The number of unbranched alkanes of at least 4 members (excludes halogenated alkanes) is 36. The fourth-order valence-corrected chi connectivity index (χ4v) is 7.74. The zero-order chi connectivity index (χ0) is 41.5. The molecule has 57 heavy (non-hydrogen) atoms. The van der Waals surface area contributed by atoms with Crippen LogP contribution in [0.5, 0.6) is 0 Å². The van der Waals surface area contributed by atoms with Crippen molar-refractivity contribution in [1.82, 2.24) is 0 Å². The molecule has 0 aliphatic heterocycles. The number of carbonyl (C=O) groups is 3. The highest BCUT2D eigenvalue weighted by atomic mass is 16.6. The fourth-order valence-electron chi connectivity index (χ4n) is 7.74. The molecule has 6 nitrogen and oxygen atoms in total. The van der Waals surface area contributed by atoms with E-state index in [0.29, 0.717) is 19.3 Å². The Labute approximate surface area is 355 Å². The molecule has 0 radical (unpaired) electrons. The van der Waals surface area contributed by atoms with Gasteiger partial charge in [-0.3, -0.25) is 14.4 Å². The Hall–Kier alpha value is -1.59. The summed E-state index contributed by atoms with van der Waals surface area (Å²) in [6.07, 6.45) is 49.9. The molecule has 0 bridgehead atoms. The average molecular weight is 807 g/mol. The zero-order valence-corrected chi connectivity index (χ0v) is 38.6. The molecule has 0 aliphatic carbocycles. The summed E-state index contributed by atoms with van der Waals surface area (Å²) in [6.45, 7) is 6.60. The van der Waals surface area contributed by atoms with E-state index in [1.54, 1.807) is 0 Å². The smallest absolute Gasteiger partial charge is 0.306 e. The number of esters is 3. The van der Waals surface area contributed by atoms with E-state index in [1.165, 1.54) is 193 Å². The predicted octanol–water partition coefficient (Wildman–Crippen LogP) is 16.4. The van der Waals surface area contributed by atoms with Crippen LogP contribution in [0.3, 0.4) is 0 Å². The van der Waals surface area contributed by atoms with Crippen LogP contribution in [0.1, 0.15) is 290 Å². The summed E-state index contributed by atoms with van der Waals surface area (Å²) in [5, 5.41) is 0. The lowest BCUT2D eigenvalue weighted by atomic mass is 10.0. The lowest BCUT2D eigenvalue weighted by Gasteiger charge is -2.18. The molecule has 338 valence electrons. The van der Waals surface area contributed by atoms with Gasteiger partial charge in [0.05, 0.1) is 0 Å². The van der Waals surface area contributed by atoms with E-state index in [-0.39, 0.29) is 31.1 Å². The molecular formula is C51H98O6. The van der Waals surface area contributed by atoms with Gasteiger partial charge in [-0.1, -0.05) is 252 Å². The third kappa shape index (κ3) is 45.3. The quantitative estimate of drug-likeness (QED) is 0.0346. The first-order valence-electron chi connectivity index (χ1n) is 25.5. The lowest BCUT2D eigenvalue weighted by molar-refractivity contribution is -0.167. The number of hydrogen-bond donors (Lipinski definition) is 0. The highest BCUT2D eigenvalue weighted by molar-refractivity contribution is 5.71. The van der Waals surface area contributed by atoms with Crippen molar-refractivity contribution in [2.75, 3.05) is 13.2 Å². The van der Waals surface area contributed by atoms with Crippen LogP contribution in [-0.4, -0.2) is 37.2 Å². The Kier molecular flexibility index (Phi) is 45.8. The van der Waals surface area contributed by atoms with E-state index in [4.69, 9.17) is 14.2 Å². The molecule has 0 N–H and O–H groups in total. The van der Waals surface area contributed by atoms with Gasteiger partial charge in [-0.25, -0.2) is 0 Å². The fraction of sp³-hybridized carbons (Fsp3) is 0.941. The molecule has 0 rings (SSSR count). The first-order chi connectivity index (χ1) is 28.0. The van der Waals surface area contributed by atoms with Crippen LogP contribution >= 0.6 is 0 Å². The second-order valence-electron chi connectivity index (χ2n) is 17.5. The van der Waals surface area contributed by atoms with Gasteiger partial charge in [0, 0.05) is 19.3 Å². The van der Waals surface area contributed by atoms with E-state index in [1.807, 2.05) is 0 Å². The van der Waals surface area contributed by atoms with Crippen LogP contribution < -0.4 is 0 Å². The maximum atomic E-state index is 12.6.